The molecule has 0 spiro atoms. The molecule has 2 rings (SSSR count). The summed E-state index contributed by atoms with van der Waals surface area (Å²) >= 11 is 0. The zero-order valence-corrected chi connectivity index (χ0v) is 12.6. The van der Waals surface area contributed by atoms with Gasteiger partial charge in [0.25, 0.3) is 0 Å². The predicted molar refractivity (Wildman–Crippen MR) is 76.4 cm³/mol. The summed E-state index contributed by atoms with van der Waals surface area (Å²) < 4.78 is 11.5. The fourth-order valence-electron chi connectivity index (χ4n) is 2.85. The van der Waals surface area contributed by atoms with E-state index < -0.39 is 24.6 Å². The maximum atomic E-state index is 10.1. The molecular formula is C15H29NO4. The summed E-state index contributed by atoms with van der Waals surface area (Å²) in [7, 11) is 0. The highest BCUT2D eigenvalue weighted by atomic mass is 16.7. The van der Waals surface area contributed by atoms with Crippen molar-refractivity contribution in [3.8, 4) is 0 Å². The van der Waals surface area contributed by atoms with Crippen LogP contribution in [0, 0.1) is 0 Å². The lowest BCUT2D eigenvalue weighted by molar-refractivity contribution is -0.195. The second kappa shape index (κ2) is 7.71. The molecule has 2 aliphatic rings. The van der Waals surface area contributed by atoms with E-state index in [0.29, 0.717) is 12.6 Å². The molecule has 0 amide bonds. The molecule has 1 aliphatic carbocycles. The van der Waals surface area contributed by atoms with Crippen molar-refractivity contribution < 1.29 is 19.7 Å². The maximum absolute atomic E-state index is 10.1. The minimum atomic E-state index is -0.944. The van der Waals surface area contributed by atoms with Crippen molar-refractivity contribution in [2.24, 2.45) is 0 Å². The lowest BCUT2D eigenvalue weighted by Crippen LogP contribution is -2.40. The monoisotopic (exact) mass is 287 g/mol. The molecular weight excluding hydrogens is 258 g/mol. The van der Waals surface area contributed by atoms with Crippen molar-refractivity contribution in [2.45, 2.75) is 89.1 Å². The highest BCUT2D eigenvalue weighted by molar-refractivity contribution is 4.89. The van der Waals surface area contributed by atoms with Gasteiger partial charge in [-0.2, -0.15) is 0 Å². The summed E-state index contributed by atoms with van der Waals surface area (Å²) in [4.78, 5) is 0. The molecule has 2 fully saturated rings. The summed E-state index contributed by atoms with van der Waals surface area (Å²) in [6, 6.07) is 0.376. The summed E-state index contributed by atoms with van der Waals surface area (Å²) in [5.74, 6) is 0. The molecule has 5 nitrogen and oxygen atoms in total. The van der Waals surface area contributed by atoms with Crippen LogP contribution in [-0.4, -0.2) is 53.5 Å². The van der Waals surface area contributed by atoms with Gasteiger partial charge in [-0.15, -0.1) is 0 Å². The predicted octanol–water partition coefficient (Wildman–Crippen LogP) is 1.17. The molecule has 0 aromatic heterocycles. The van der Waals surface area contributed by atoms with Crippen molar-refractivity contribution >= 4 is 0 Å². The molecule has 118 valence electrons. The second-order valence-electron chi connectivity index (χ2n) is 6.14. The van der Waals surface area contributed by atoms with Gasteiger partial charge in [0.15, 0.2) is 6.29 Å². The summed E-state index contributed by atoms with van der Waals surface area (Å²) in [6.07, 6.45) is 3.95. The Labute approximate surface area is 121 Å². The van der Waals surface area contributed by atoms with E-state index in [1.165, 1.54) is 19.3 Å². The summed E-state index contributed by atoms with van der Waals surface area (Å²) in [5.41, 5.74) is 0. The maximum Gasteiger partial charge on any atom is 0.186 e. The first kappa shape index (κ1) is 16.2. The summed E-state index contributed by atoms with van der Waals surface area (Å²) in [6.45, 7) is 4.74. The number of rotatable bonds is 6. The minimum absolute atomic E-state index is 0.164. The van der Waals surface area contributed by atoms with E-state index in [1.807, 2.05) is 0 Å². The minimum Gasteiger partial charge on any atom is -0.387 e. The molecule has 0 aromatic rings. The Hall–Kier alpha value is -0.200. The van der Waals surface area contributed by atoms with Gasteiger partial charge >= 0.3 is 0 Å². The number of nitrogens with one attached hydrogen (secondary N) is 1. The van der Waals surface area contributed by atoms with Crippen molar-refractivity contribution in [3.05, 3.63) is 0 Å². The SMILES string of the molecule is CCC(C)NC[C@@H]1O[C@@H](OC2CCCCC2)[C@H](O)[C@@H]1O. The van der Waals surface area contributed by atoms with Crippen LogP contribution in [0.5, 0.6) is 0 Å². The Morgan fingerprint density at radius 3 is 2.55 bits per heavy atom. The fraction of sp³-hybridized carbons (Fsp3) is 1.00. The third kappa shape index (κ3) is 4.15. The van der Waals surface area contributed by atoms with E-state index in [2.05, 4.69) is 19.2 Å². The van der Waals surface area contributed by atoms with E-state index in [9.17, 15) is 10.2 Å². The van der Waals surface area contributed by atoms with E-state index in [-0.39, 0.29) is 6.10 Å². The quantitative estimate of drug-likeness (QED) is 0.684. The molecule has 0 bridgehead atoms. The Balaban J connectivity index is 1.79. The van der Waals surface area contributed by atoms with Gasteiger partial charge in [0.05, 0.1) is 6.10 Å². The smallest absolute Gasteiger partial charge is 0.186 e. The van der Waals surface area contributed by atoms with Gasteiger partial charge in [0, 0.05) is 12.6 Å². The van der Waals surface area contributed by atoms with Crippen LogP contribution in [-0.2, 0) is 9.47 Å². The first-order valence-electron chi connectivity index (χ1n) is 8.02. The van der Waals surface area contributed by atoms with Gasteiger partial charge < -0.3 is 25.0 Å². The van der Waals surface area contributed by atoms with Crippen molar-refractivity contribution in [2.75, 3.05) is 6.54 Å². The molecule has 1 saturated carbocycles. The van der Waals surface area contributed by atoms with Gasteiger partial charge in [-0.1, -0.05) is 26.2 Å². The van der Waals surface area contributed by atoms with Crippen LogP contribution in [0.4, 0.5) is 0 Å². The lowest BCUT2D eigenvalue weighted by Gasteiger charge is -2.26. The van der Waals surface area contributed by atoms with Crippen LogP contribution in [0.15, 0.2) is 0 Å². The molecule has 0 radical (unpaired) electrons. The van der Waals surface area contributed by atoms with Crippen LogP contribution in [0.3, 0.4) is 0 Å². The van der Waals surface area contributed by atoms with Gasteiger partial charge in [-0.05, 0) is 26.2 Å². The molecule has 1 heterocycles. The zero-order chi connectivity index (χ0) is 14.5. The van der Waals surface area contributed by atoms with Crippen LogP contribution >= 0.6 is 0 Å². The molecule has 20 heavy (non-hydrogen) atoms. The number of aliphatic hydroxyl groups is 2. The molecule has 1 saturated heterocycles. The molecule has 5 atom stereocenters. The molecule has 1 unspecified atom stereocenters. The van der Waals surface area contributed by atoms with Crippen LogP contribution in [0.2, 0.25) is 0 Å². The Morgan fingerprint density at radius 1 is 1.20 bits per heavy atom. The summed E-state index contributed by atoms with van der Waals surface area (Å²) in [5, 5.41) is 23.4. The fourth-order valence-corrected chi connectivity index (χ4v) is 2.85. The van der Waals surface area contributed by atoms with Crippen molar-refractivity contribution in [1.82, 2.24) is 5.32 Å². The highest BCUT2D eigenvalue weighted by Crippen LogP contribution is 2.27. The second-order valence-corrected chi connectivity index (χ2v) is 6.14. The van der Waals surface area contributed by atoms with Crippen LogP contribution in [0.25, 0.3) is 0 Å². The lowest BCUT2D eigenvalue weighted by atomic mass is 9.98. The third-order valence-corrected chi connectivity index (χ3v) is 4.48. The molecule has 1 aliphatic heterocycles. The number of hydrogen-bond acceptors (Lipinski definition) is 5. The van der Waals surface area contributed by atoms with Gasteiger partial charge in [0.1, 0.15) is 18.3 Å². The first-order chi connectivity index (χ1) is 9.61. The van der Waals surface area contributed by atoms with E-state index >= 15 is 0 Å². The number of aliphatic hydroxyl groups excluding tert-OH is 2. The Kier molecular flexibility index (Phi) is 6.23. The zero-order valence-electron chi connectivity index (χ0n) is 12.6. The molecule has 5 heteroatoms. The molecule has 0 aromatic carbocycles. The molecule has 3 N–H and O–H groups in total. The average Bonchev–Trinajstić information content (AvgIpc) is 2.74. The largest absolute Gasteiger partial charge is 0.387 e. The average molecular weight is 287 g/mol. The Bertz CT molecular complexity index is 283. The van der Waals surface area contributed by atoms with Crippen LogP contribution in [0.1, 0.15) is 52.4 Å². The van der Waals surface area contributed by atoms with Gasteiger partial charge in [-0.3, -0.25) is 0 Å². The third-order valence-electron chi connectivity index (χ3n) is 4.48. The van der Waals surface area contributed by atoms with Crippen molar-refractivity contribution in [3.63, 3.8) is 0 Å². The number of ether oxygens (including phenoxy) is 2. The van der Waals surface area contributed by atoms with Gasteiger partial charge in [0.2, 0.25) is 0 Å². The first-order valence-corrected chi connectivity index (χ1v) is 8.02. The van der Waals surface area contributed by atoms with Gasteiger partial charge in [-0.25, -0.2) is 0 Å². The standard InChI is InChI=1S/C15H29NO4/c1-3-10(2)16-9-12-13(17)14(18)15(20-12)19-11-7-5-4-6-8-11/h10-18H,3-9H2,1-2H3/t10?,12-,13+,14+,15+/m0/s1. The Morgan fingerprint density at radius 2 is 1.90 bits per heavy atom. The van der Waals surface area contributed by atoms with E-state index in [4.69, 9.17) is 9.47 Å². The number of hydrogen-bond donors (Lipinski definition) is 3. The highest BCUT2D eigenvalue weighted by Gasteiger charge is 2.44. The van der Waals surface area contributed by atoms with E-state index in [0.717, 1.165) is 19.3 Å². The van der Waals surface area contributed by atoms with Crippen LogP contribution < -0.4 is 5.32 Å². The topological polar surface area (TPSA) is 71.0 Å². The van der Waals surface area contributed by atoms with Crippen molar-refractivity contribution in [1.29, 1.82) is 0 Å². The van der Waals surface area contributed by atoms with E-state index in [1.54, 1.807) is 0 Å². The normalized spacial score (nSPS) is 37.2.